The van der Waals surface area contributed by atoms with Gasteiger partial charge in [-0.2, -0.15) is 0 Å². The Labute approximate surface area is 463 Å². The number of ether oxygens (including phenoxy) is 6. The van der Waals surface area contributed by atoms with Gasteiger partial charge in [0.1, 0.15) is 61.0 Å². The molecule has 4 heterocycles. The van der Waals surface area contributed by atoms with Gasteiger partial charge in [-0.25, -0.2) is 9.24 Å². The summed E-state index contributed by atoms with van der Waals surface area (Å²) < 4.78 is 61.4. The van der Waals surface area contributed by atoms with Crippen LogP contribution in [0.1, 0.15) is 119 Å². The van der Waals surface area contributed by atoms with Crippen molar-refractivity contribution in [2.45, 2.75) is 211 Å². The molecule has 4 saturated carbocycles. The molecule has 8 fully saturated rings. The summed E-state index contributed by atoms with van der Waals surface area (Å²) in [5.74, 6) is 0.413. The van der Waals surface area contributed by atoms with E-state index in [4.69, 9.17) is 56.1 Å². The van der Waals surface area contributed by atoms with E-state index in [2.05, 4.69) is 40.7 Å². The molecule has 0 bridgehead atoms. The van der Waals surface area contributed by atoms with Crippen LogP contribution in [0.2, 0.25) is 0 Å². The van der Waals surface area contributed by atoms with Crippen molar-refractivity contribution in [2.75, 3.05) is 57.8 Å². The first-order valence-corrected chi connectivity index (χ1v) is 30.9. The van der Waals surface area contributed by atoms with Crippen LogP contribution in [-0.2, 0) is 42.3 Å². The number of aliphatic hydroxyl groups excluding tert-OH is 9. The van der Waals surface area contributed by atoms with Crippen molar-refractivity contribution in [2.24, 2.45) is 50.2 Å². The number of fused-ring (bicyclic) bond motifs is 7. The molecule has 0 radical (unpaired) electrons. The lowest BCUT2D eigenvalue weighted by Gasteiger charge is -2.71. The highest BCUT2D eigenvalue weighted by Crippen LogP contribution is 2.76. The lowest BCUT2D eigenvalue weighted by atomic mass is 9.33. The average Bonchev–Trinajstić information content (AvgIpc) is 3.58. The predicted molar refractivity (Wildman–Crippen MR) is 280 cm³/mol. The molecule has 0 aromatic carbocycles. The van der Waals surface area contributed by atoms with Crippen LogP contribution in [0.5, 0.6) is 0 Å². The molecule has 0 spiro atoms. The Morgan fingerprint density at radius 1 is 0.779 bits per heavy atom. The highest BCUT2D eigenvalue weighted by molar-refractivity contribution is 7.54. The first kappa shape index (κ1) is 60.9. The number of carbonyl (C=O) groups is 1. The topological polar surface area (TPSA) is 287 Å². The van der Waals surface area contributed by atoms with Crippen molar-refractivity contribution >= 4 is 36.8 Å². The Kier molecular flexibility index (Phi) is 18.0. The molecular weight excluding hydrogens is 1070 g/mol. The third-order valence-electron chi connectivity index (χ3n) is 21.5. The summed E-state index contributed by atoms with van der Waals surface area (Å²) >= 11 is 12.5. The first-order chi connectivity index (χ1) is 36.2. The van der Waals surface area contributed by atoms with Crippen molar-refractivity contribution in [1.29, 1.82) is 0 Å². The minimum absolute atomic E-state index is 0.0343. The second-order valence-electron chi connectivity index (χ2n) is 26.0. The van der Waals surface area contributed by atoms with Crippen molar-refractivity contribution in [1.82, 2.24) is 9.34 Å². The molecule has 5 unspecified atom stereocenters. The highest BCUT2D eigenvalue weighted by atomic mass is 35.5. The normalized spacial score (nSPS) is 50.9. The van der Waals surface area contributed by atoms with E-state index in [1.54, 1.807) is 9.34 Å². The van der Waals surface area contributed by atoms with Crippen LogP contribution in [0.15, 0.2) is 11.6 Å². The third kappa shape index (κ3) is 10.1. The monoisotopic (exact) mass is 1150 g/mol. The number of aliphatic hydroxyl groups is 9. The Bertz CT molecular complexity index is 2180. The zero-order valence-corrected chi connectivity index (χ0v) is 48.3. The van der Waals surface area contributed by atoms with Crippen LogP contribution in [0.4, 0.5) is 0 Å². The van der Waals surface area contributed by atoms with Crippen LogP contribution < -0.4 is 0 Å². The summed E-state index contributed by atoms with van der Waals surface area (Å²) in [6.07, 6.45) is -11.7. The minimum Gasteiger partial charge on any atom is -0.396 e. The lowest BCUT2D eigenvalue weighted by Crippen LogP contribution is -2.67. The Morgan fingerprint density at radius 3 is 2.10 bits per heavy atom. The fourth-order valence-electron chi connectivity index (χ4n) is 16.6. The third-order valence-corrected chi connectivity index (χ3v) is 24.4. The number of nitrogens with zero attached hydrogens (tertiary/aromatic N) is 2. The van der Waals surface area contributed by atoms with Crippen molar-refractivity contribution in [3.05, 3.63) is 11.6 Å². The number of hydrogen-bond donors (Lipinski definition) is 9. The molecule has 9 aliphatic rings. The number of hydrogen-bond acceptors (Lipinski definition) is 18. The zero-order chi connectivity index (χ0) is 56.0. The van der Waals surface area contributed by atoms with Gasteiger partial charge in [-0.15, -0.1) is 23.2 Å². The summed E-state index contributed by atoms with van der Waals surface area (Å²) in [5, 5.41) is 97.7. The maximum absolute atomic E-state index is 15.7. The van der Waals surface area contributed by atoms with Gasteiger partial charge in [0.2, 0.25) is 5.91 Å². The molecule has 0 aromatic rings. The van der Waals surface area contributed by atoms with Crippen molar-refractivity contribution in [3.63, 3.8) is 0 Å². The van der Waals surface area contributed by atoms with Crippen LogP contribution in [0.25, 0.3) is 0 Å². The number of amides is 1. The lowest BCUT2D eigenvalue weighted by molar-refractivity contribution is -0.381. The molecule has 9 N–H and O–H groups in total. The maximum atomic E-state index is 15.7. The van der Waals surface area contributed by atoms with Gasteiger partial charge in [0, 0.05) is 36.8 Å². The molecule has 24 atom stereocenters. The summed E-state index contributed by atoms with van der Waals surface area (Å²) in [6, 6.07) is 0. The first-order valence-electron chi connectivity index (χ1n) is 28.3. The minimum atomic E-state index is -3.78. The van der Waals surface area contributed by atoms with Crippen LogP contribution >= 0.6 is 30.9 Å². The molecule has 4 saturated heterocycles. The molecule has 5 aliphatic carbocycles. The Morgan fingerprint density at radius 2 is 1.44 bits per heavy atom. The molecule has 77 heavy (non-hydrogen) atoms. The molecule has 20 nitrogen and oxygen atoms in total. The molecule has 23 heteroatoms. The van der Waals surface area contributed by atoms with E-state index in [0.29, 0.717) is 32.2 Å². The zero-order valence-electron chi connectivity index (χ0n) is 45.9. The molecule has 442 valence electrons. The van der Waals surface area contributed by atoms with Crippen molar-refractivity contribution < 1.29 is 88.3 Å². The van der Waals surface area contributed by atoms with E-state index >= 15 is 9.36 Å². The number of carbonyl (C=O) groups excluding carboxylic acids is 1. The standard InChI is InChI=1S/C54H89Cl2N2O18P/c1-29-37(61)40(64)42(66)45(72-29)76-44-39(63)33(74-46-43(67)41(65)38(62)32(26-59)73-46)27-70-47(44)75-36-12-13-50(4)34(51(36,5)28-60)11-14-53(7)35(50)10-9-30-31-25-49(2,3)15-17-54(31,18-16-52(30,53)6)48(68)58-21-8-24-71-77(58,69)57(22-19-55)23-20-56/h9,29,31-47,59-67H,8,10-28H2,1-7H3/t29-,31?,32+,33-,34?,35?,36?,37-,38+,39-,40+,41-,42+,43+,44+,45+,46-,47-,50-,51-,52+,53+,54-,77?/m0/s1. The van der Waals surface area contributed by atoms with Gasteiger partial charge in [0.25, 0.3) is 0 Å². The van der Waals surface area contributed by atoms with Gasteiger partial charge < -0.3 is 78.9 Å². The number of rotatable bonds is 14. The summed E-state index contributed by atoms with van der Waals surface area (Å²) in [7, 11) is -3.78. The van der Waals surface area contributed by atoms with E-state index < -0.39 is 117 Å². The predicted octanol–water partition coefficient (Wildman–Crippen LogP) is 3.40. The second kappa shape index (κ2) is 22.7. The van der Waals surface area contributed by atoms with Crippen LogP contribution in [0, 0.1) is 50.2 Å². The molecule has 1 amide bonds. The largest absolute Gasteiger partial charge is 0.396 e. The SMILES string of the molecule is C[C@@H]1O[C@H](O[C@H]2[C@H](OC3CC[C@@]4(C)C(CC[C@]5(C)C4CC=C4C6CC(C)(C)CC[C@]6(C(=O)N6CCCOP6(=O)N(CCCl)CCCl)CC[C@]45C)[C@]3(C)CO)OC[C@H](O[C@@H]3O[C@H](CO)[C@@H](O)[C@H](O)[C@H]3O)[C@@H]2O)[C@H](O)[C@H](O)[C@H]1O. The van der Waals surface area contributed by atoms with Gasteiger partial charge in [-0.05, 0) is 117 Å². The molecule has 9 rings (SSSR count). The summed E-state index contributed by atoms with van der Waals surface area (Å²) in [6.45, 7) is 15.2. The van der Waals surface area contributed by atoms with Gasteiger partial charge >= 0.3 is 7.67 Å². The molecular formula is C54H89Cl2N2O18P. The van der Waals surface area contributed by atoms with Gasteiger partial charge in [-0.3, -0.25) is 9.46 Å². The van der Waals surface area contributed by atoms with E-state index in [0.717, 1.165) is 44.9 Å². The van der Waals surface area contributed by atoms with E-state index in [1.165, 1.54) is 12.5 Å². The van der Waals surface area contributed by atoms with E-state index in [1.807, 2.05) is 6.92 Å². The maximum Gasteiger partial charge on any atom is 0.373 e. The Hall–Kier alpha value is -0.660. The molecule has 0 aromatic heterocycles. The number of halogens is 2. The fourth-order valence-corrected chi connectivity index (χ4v) is 19.8. The van der Waals surface area contributed by atoms with E-state index in [-0.39, 0.29) is 90.0 Å². The Balaban J connectivity index is 0.985. The molecule has 4 aliphatic heterocycles. The number of allylic oxidation sites excluding steroid dienone is 2. The smallest absolute Gasteiger partial charge is 0.373 e. The van der Waals surface area contributed by atoms with Crippen LogP contribution in [-0.4, -0.2) is 211 Å². The van der Waals surface area contributed by atoms with Gasteiger partial charge in [0.15, 0.2) is 18.9 Å². The van der Waals surface area contributed by atoms with E-state index in [9.17, 15) is 46.0 Å². The fraction of sp³-hybridized carbons (Fsp3) is 0.944. The van der Waals surface area contributed by atoms with Gasteiger partial charge in [0.05, 0.1) is 44.1 Å². The highest BCUT2D eigenvalue weighted by Gasteiger charge is 2.71. The second-order valence-corrected chi connectivity index (χ2v) is 29.0. The summed E-state index contributed by atoms with van der Waals surface area (Å²) in [4.78, 5) is 15.7. The van der Waals surface area contributed by atoms with Gasteiger partial charge in [-0.1, -0.05) is 53.2 Å². The quantitative estimate of drug-likeness (QED) is 0.0522. The van der Waals surface area contributed by atoms with Crippen LogP contribution in [0.3, 0.4) is 0 Å². The van der Waals surface area contributed by atoms with Crippen molar-refractivity contribution in [3.8, 4) is 0 Å². The number of alkyl halides is 2. The summed E-state index contributed by atoms with van der Waals surface area (Å²) in [5.41, 5.74) is -1.09. The average molecular weight is 1160 g/mol.